The number of nitrogens with zero attached hydrogens (tertiary/aromatic N) is 3. The molecular weight excluding hydrogens is 354 g/mol. The minimum absolute atomic E-state index is 0.0312. The first kappa shape index (κ1) is 15.7. The smallest absolute Gasteiger partial charge is 0.272 e. The van der Waals surface area contributed by atoms with E-state index in [1.807, 2.05) is 67.9 Å². The van der Waals surface area contributed by atoms with Crippen LogP contribution in [0.4, 0.5) is 0 Å². The summed E-state index contributed by atoms with van der Waals surface area (Å²) in [6, 6.07) is 12.0. The number of aromatic nitrogens is 2. The van der Waals surface area contributed by atoms with Gasteiger partial charge in [0.2, 0.25) is 0 Å². The Morgan fingerprint density at radius 1 is 1.26 bits per heavy atom. The summed E-state index contributed by atoms with van der Waals surface area (Å²) in [5, 5.41) is 0. The number of benzene rings is 1. The number of imidazole rings is 1. The molecule has 0 aliphatic carbocycles. The quantitative estimate of drug-likeness (QED) is 0.697. The van der Waals surface area contributed by atoms with E-state index in [-0.39, 0.29) is 5.91 Å². The first-order valence-electron chi connectivity index (χ1n) is 7.41. The lowest BCUT2D eigenvalue weighted by molar-refractivity contribution is 0.0777. The van der Waals surface area contributed by atoms with Gasteiger partial charge in [-0.05, 0) is 47.0 Å². The van der Waals surface area contributed by atoms with Crippen LogP contribution in [0.15, 0.2) is 47.1 Å². The third-order valence-corrected chi connectivity index (χ3v) is 4.38. The molecule has 5 heteroatoms. The first-order valence-corrected chi connectivity index (χ1v) is 8.21. The highest BCUT2D eigenvalue weighted by atomic mass is 79.9. The predicted octanol–water partition coefficient (Wildman–Crippen LogP) is 3.99. The van der Waals surface area contributed by atoms with Gasteiger partial charge in [0.1, 0.15) is 5.69 Å². The van der Waals surface area contributed by atoms with Crippen molar-refractivity contribution in [3.63, 3.8) is 0 Å². The second kappa shape index (κ2) is 6.16. The molecule has 0 fully saturated rings. The van der Waals surface area contributed by atoms with Gasteiger partial charge in [-0.2, -0.15) is 0 Å². The van der Waals surface area contributed by atoms with Crippen molar-refractivity contribution in [3.05, 3.63) is 69.6 Å². The maximum absolute atomic E-state index is 12.9. The number of fused-ring (bicyclic) bond motifs is 1. The van der Waals surface area contributed by atoms with Gasteiger partial charge in [-0.25, -0.2) is 4.98 Å². The molecule has 0 aliphatic rings. The molecule has 3 aromatic rings. The SMILES string of the molecule is Cc1cc(Br)c2nc(C)c(C(=O)N(C)Cc3ccccc3)n2c1. The molecule has 3 rings (SSSR count). The van der Waals surface area contributed by atoms with Gasteiger partial charge in [0, 0.05) is 19.8 Å². The number of hydrogen-bond acceptors (Lipinski definition) is 2. The van der Waals surface area contributed by atoms with Crippen LogP contribution in [0.2, 0.25) is 0 Å². The van der Waals surface area contributed by atoms with Crippen molar-refractivity contribution in [1.29, 1.82) is 0 Å². The Morgan fingerprint density at radius 2 is 1.96 bits per heavy atom. The number of carbonyl (C=O) groups is 1. The van der Waals surface area contributed by atoms with E-state index in [1.165, 1.54) is 0 Å². The predicted molar refractivity (Wildman–Crippen MR) is 94.6 cm³/mol. The molecule has 0 aliphatic heterocycles. The van der Waals surface area contributed by atoms with Crippen LogP contribution in [0, 0.1) is 13.8 Å². The van der Waals surface area contributed by atoms with Gasteiger partial charge in [0.25, 0.3) is 5.91 Å². The molecule has 1 amide bonds. The van der Waals surface area contributed by atoms with Crippen LogP contribution < -0.4 is 0 Å². The zero-order valence-corrected chi connectivity index (χ0v) is 15.0. The molecule has 0 bridgehead atoms. The van der Waals surface area contributed by atoms with E-state index in [2.05, 4.69) is 20.9 Å². The van der Waals surface area contributed by atoms with E-state index in [1.54, 1.807) is 4.90 Å². The highest BCUT2D eigenvalue weighted by Crippen LogP contribution is 2.23. The number of hydrogen-bond donors (Lipinski definition) is 0. The third-order valence-electron chi connectivity index (χ3n) is 3.80. The zero-order valence-electron chi connectivity index (χ0n) is 13.4. The zero-order chi connectivity index (χ0) is 16.6. The average Bonchev–Trinajstić information content (AvgIpc) is 2.84. The van der Waals surface area contributed by atoms with E-state index >= 15 is 0 Å². The van der Waals surface area contributed by atoms with Gasteiger partial charge < -0.3 is 4.90 Å². The molecule has 2 heterocycles. The number of carbonyl (C=O) groups excluding carboxylic acids is 1. The molecule has 0 saturated carbocycles. The maximum Gasteiger partial charge on any atom is 0.272 e. The standard InChI is InChI=1S/C18H18BrN3O/c1-12-9-15(19)17-20-13(2)16(22(17)10-12)18(23)21(3)11-14-7-5-4-6-8-14/h4-10H,11H2,1-3H3. The van der Waals surface area contributed by atoms with Gasteiger partial charge in [-0.15, -0.1) is 0 Å². The number of halogens is 1. The Kier molecular flexibility index (Phi) is 4.22. The van der Waals surface area contributed by atoms with Gasteiger partial charge in [-0.3, -0.25) is 9.20 Å². The summed E-state index contributed by atoms with van der Waals surface area (Å²) in [5.41, 5.74) is 4.29. The van der Waals surface area contributed by atoms with Crippen molar-refractivity contribution in [1.82, 2.24) is 14.3 Å². The molecular formula is C18H18BrN3O. The van der Waals surface area contributed by atoms with Crippen molar-refractivity contribution in [2.75, 3.05) is 7.05 Å². The minimum atomic E-state index is -0.0312. The van der Waals surface area contributed by atoms with Crippen molar-refractivity contribution >= 4 is 27.5 Å². The second-order valence-corrected chi connectivity index (χ2v) is 6.61. The number of rotatable bonds is 3. The highest BCUT2D eigenvalue weighted by molar-refractivity contribution is 9.10. The number of aryl methyl sites for hydroxylation is 2. The number of amides is 1. The van der Waals surface area contributed by atoms with Crippen LogP contribution in [0.5, 0.6) is 0 Å². The van der Waals surface area contributed by atoms with Crippen LogP contribution in [0.3, 0.4) is 0 Å². The van der Waals surface area contributed by atoms with Crippen LogP contribution in [-0.2, 0) is 6.54 Å². The monoisotopic (exact) mass is 371 g/mol. The molecule has 0 spiro atoms. The van der Waals surface area contributed by atoms with Crippen molar-refractivity contribution in [2.45, 2.75) is 20.4 Å². The molecule has 0 unspecified atom stereocenters. The summed E-state index contributed by atoms with van der Waals surface area (Å²) in [4.78, 5) is 19.2. The van der Waals surface area contributed by atoms with Crippen molar-refractivity contribution in [2.24, 2.45) is 0 Å². The molecule has 0 N–H and O–H groups in total. The lowest BCUT2D eigenvalue weighted by Crippen LogP contribution is -2.28. The molecule has 4 nitrogen and oxygen atoms in total. The largest absolute Gasteiger partial charge is 0.336 e. The first-order chi connectivity index (χ1) is 11.0. The van der Waals surface area contributed by atoms with Crippen LogP contribution in [0.25, 0.3) is 5.65 Å². The van der Waals surface area contributed by atoms with E-state index in [4.69, 9.17) is 0 Å². The summed E-state index contributed by atoms with van der Waals surface area (Å²) < 4.78 is 2.77. The molecule has 0 saturated heterocycles. The topological polar surface area (TPSA) is 37.6 Å². The molecule has 0 radical (unpaired) electrons. The lowest BCUT2D eigenvalue weighted by Gasteiger charge is -2.17. The molecule has 1 aromatic carbocycles. The van der Waals surface area contributed by atoms with E-state index < -0.39 is 0 Å². The molecule has 0 atom stereocenters. The van der Waals surface area contributed by atoms with Crippen LogP contribution in [-0.4, -0.2) is 27.2 Å². The summed E-state index contributed by atoms with van der Waals surface area (Å²) >= 11 is 3.53. The Hall–Kier alpha value is -2.14. The van der Waals surface area contributed by atoms with E-state index in [0.717, 1.165) is 26.9 Å². The second-order valence-electron chi connectivity index (χ2n) is 5.75. The Labute approximate surface area is 143 Å². The summed E-state index contributed by atoms with van der Waals surface area (Å²) in [6.45, 7) is 4.44. The fourth-order valence-electron chi connectivity index (χ4n) is 2.71. The Balaban J connectivity index is 1.99. The van der Waals surface area contributed by atoms with Gasteiger partial charge >= 0.3 is 0 Å². The summed E-state index contributed by atoms with van der Waals surface area (Å²) in [5.74, 6) is -0.0312. The summed E-state index contributed by atoms with van der Waals surface area (Å²) in [6.07, 6.45) is 1.95. The molecule has 2 aromatic heterocycles. The van der Waals surface area contributed by atoms with Gasteiger partial charge in [0.15, 0.2) is 5.65 Å². The Bertz CT molecular complexity index is 871. The fourth-order valence-corrected chi connectivity index (χ4v) is 3.35. The van der Waals surface area contributed by atoms with Gasteiger partial charge in [0.05, 0.1) is 10.2 Å². The van der Waals surface area contributed by atoms with Gasteiger partial charge in [-0.1, -0.05) is 30.3 Å². The summed E-state index contributed by atoms with van der Waals surface area (Å²) in [7, 11) is 1.82. The third kappa shape index (κ3) is 3.01. The fraction of sp³-hybridized carbons (Fsp3) is 0.222. The molecule has 118 valence electrons. The maximum atomic E-state index is 12.9. The lowest BCUT2D eigenvalue weighted by atomic mass is 10.2. The van der Waals surface area contributed by atoms with Crippen LogP contribution >= 0.6 is 15.9 Å². The Morgan fingerprint density at radius 3 is 2.65 bits per heavy atom. The average molecular weight is 372 g/mol. The minimum Gasteiger partial charge on any atom is -0.336 e. The normalized spacial score (nSPS) is 11.0. The highest BCUT2D eigenvalue weighted by Gasteiger charge is 2.21. The number of pyridine rings is 1. The van der Waals surface area contributed by atoms with Crippen LogP contribution in [0.1, 0.15) is 27.3 Å². The van der Waals surface area contributed by atoms with E-state index in [9.17, 15) is 4.79 Å². The van der Waals surface area contributed by atoms with Crippen molar-refractivity contribution < 1.29 is 4.79 Å². The van der Waals surface area contributed by atoms with Crippen molar-refractivity contribution in [3.8, 4) is 0 Å². The van der Waals surface area contributed by atoms with E-state index in [0.29, 0.717) is 12.2 Å². The molecule has 23 heavy (non-hydrogen) atoms.